The molecule has 78 valence electrons. The first-order chi connectivity index (χ1) is 7.20. The van der Waals surface area contributed by atoms with Crippen molar-refractivity contribution < 1.29 is 0 Å². The molecule has 0 radical (unpaired) electrons. The molecule has 2 N–H and O–H groups in total. The molecule has 5 nitrogen and oxygen atoms in total. The van der Waals surface area contributed by atoms with E-state index in [-0.39, 0.29) is 6.04 Å². The van der Waals surface area contributed by atoms with Crippen LogP contribution in [0.15, 0.2) is 24.8 Å². The van der Waals surface area contributed by atoms with Gasteiger partial charge in [-0.05, 0) is 13.8 Å². The Bertz CT molecular complexity index is 446. The molecule has 0 saturated carbocycles. The van der Waals surface area contributed by atoms with E-state index in [1.54, 1.807) is 17.1 Å². The maximum atomic E-state index is 5.82. The van der Waals surface area contributed by atoms with Crippen molar-refractivity contribution in [2.24, 2.45) is 5.73 Å². The first-order valence-corrected chi connectivity index (χ1v) is 4.76. The number of hydrogen-bond donors (Lipinski definition) is 1. The minimum Gasteiger partial charge on any atom is -0.324 e. The summed E-state index contributed by atoms with van der Waals surface area (Å²) in [6.07, 6.45) is 4.97. The third kappa shape index (κ3) is 1.73. The van der Waals surface area contributed by atoms with Gasteiger partial charge >= 0.3 is 0 Å². The largest absolute Gasteiger partial charge is 0.324 e. The first kappa shape index (κ1) is 9.79. The lowest BCUT2D eigenvalue weighted by Gasteiger charge is -2.05. The van der Waals surface area contributed by atoms with Gasteiger partial charge in [0.2, 0.25) is 0 Å². The predicted molar refractivity (Wildman–Crippen MR) is 56.5 cm³/mol. The van der Waals surface area contributed by atoms with Crippen LogP contribution in [0.4, 0.5) is 0 Å². The van der Waals surface area contributed by atoms with Crippen molar-refractivity contribution in [1.82, 2.24) is 19.7 Å². The maximum Gasteiger partial charge on any atom is 0.156 e. The molecule has 1 atom stereocenters. The highest BCUT2D eigenvalue weighted by molar-refractivity contribution is 5.28. The van der Waals surface area contributed by atoms with Crippen LogP contribution < -0.4 is 5.73 Å². The average molecular weight is 203 g/mol. The minimum absolute atomic E-state index is 0.0133. The van der Waals surface area contributed by atoms with Crippen LogP contribution in [-0.2, 0) is 0 Å². The summed E-state index contributed by atoms with van der Waals surface area (Å²) in [5, 5.41) is 4.25. The van der Waals surface area contributed by atoms with Gasteiger partial charge in [-0.3, -0.25) is 0 Å². The third-order valence-corrected chi connectivity index (χ3v) is 2.32. The summed E-state index contributed by atoms with van der Waals surface area (Å²) >= 11 is 0. The molecule has 0 aliphatic rings. The van der Waals surface area contributed by atoms with E-state index >= 15 is 0 Å². The van der Waals surface area contributed by atoms with E-state index in [4.69, 9.17) is 5.73 Å². The number of hydrogen-bond acceptors (Lipinski definition) is 4. The first-order valence-electron chi connectivity index (χ1n) is 4.76. The summed E-state index contributed by atoms with van der Waals surface area (Å²) in [5.41, 5.74) is 7.87. The van der Waals surface area contributed by atoms with Crippen LogP contribution in [-0.4, -0.2) is 19.7 Å². The zero-order chi connectivity index (χ0) is 10.8. The lowest BCUT2D eigenvalue weighted by Crippen LogP contribution is -2.07. The molecule has 2 heterocycles. The second kappa shape index (κ2) is 3.78. The fourth-order valence-electron chi connectivity index (χ4n) is 1.51. The molecule has 5 heteroatoms. The van der Waals surface area contributed by atoms with Crippen molar-refractivity contribution in [1.29, 1.82) is 0 Å². The minimum atomic E-state index is -0.0133. The summed E-state index contributed by atoms with van der Waals surface area (Å²) < 4.78 is 1.76. The standard InChI is InChI=1S/C10H13N5/c1-7(11)9-5-14-15(8(9)2)10-3-4-12-6-13-10/h3-7H,11H2,1-2H3. The van der Waals surface area contributed by atoms with E-state index in [0.29, 0.717) is 0 Å². The Labute approximate surface area is 88.0 Å². The molecule has 0 aliphatic heterocycles. The number of nitrogens with two attached hydrogens (primary N) is 1. The Kier molecular flexibility index (Phi) is 2.47. The molecule has 15 heavy (non-hydrogen) atoms. The van der Waals surface area contributed by atoms with Crippen LogP contribution >= 0.6 is 0 Å². The Hall–Kier alpha value is -1.75. The van der Waals surface area contributed by atoms with Crippen molar-refractivity contribution in [3.63, 3.8) is 0 Å². The monoisotopic (exact) mass is 203 g/mol. The number of nitrogens with zero attached hydrogens (tertiary/aromatic N) is 4. The molecule has 0 amide bonds. The molecular weight excluding hydrogens is 190 g/mol. The van der Waals surface area contributed by atoms with Crippen molar-refractivity contribution in [3.05, 3.63) is 36.0 Å². The quantitative estimate of drug-likeness (QED) is 0.790. The predicted octanol–water partition coefficient (Wildman–Crippen LogP) is 0.990. The van der Waals surface area contributed by atoms with Gasteiger partial charge in [0, 0.05) is 29.6 Å². The molecule has 0 fully saturated rings. The van der Waals surface area contributed by atoms with Crippen LogP contribution in [0.25, 0.3) is 5.82 Å². The average Bonchev–Trinajstić information content (AvgIpc) is 2.61. The maximum absolute atomic E-state index is 5.82. The third-order valence-electron chi connectivity index (χ3n) is 2.32. The lowest BCUT2D eigenvalue weighted by atomic mass is 10.1. The zero-order valence-corrected chi connectivity index (χ0v) is 8.75. The second-order valence-electron chi connectivity index (χ2n) is 3.45. The van der Waals surface area contributed by atoms with Crippen LogP contribution in [0.2, 0.25) is 0 Å². The molecule has 2 rings (SSSR count). The molecular formula is C10H13N5. The smallest absolute Gasteiger partial charge is 0.156 e. The summed E-state index contributed by atoms with van der Waals surface area (Å²) in [4.78, 5) is 8.00. The van der Waals surface area contributed by atoms with Gasteiger partial charge in [0.25, 0.3) is 0 Å². The molecule has 1 unspecified atom stereocenters. The van der Waals surface area contributed by atoms with Gasteiger partial charge in [-0.1, -0.05) is 0 Å². The molecule has 0 aliphatic carbocycles. The van der Waals surface area contributed by atoms with Crippen molar-refractivity contribution >= 4 is 0 Å². The fraction of sp³-hybridized carbons (Fsp3) is 0.300. The van der Waals surface area contributed by atoms with E-state index in [0.717, 1.165) is 17.1 Å². The van der Waals surface area contributed by atoms with Gasteiger partial charge in [-0.2, -0.15) is 5.10 Å². The van der Waals surface area contributed by atoms with E-state index < -0.39 is 0 Å². The Morgan fingerprint density at radius 2 is 2.27 bits per heavy atom. The van der Waals surface area contributed by atoms with Gasteiger partial charge in [0.05, 0.1) is 6.20 Å². The van der Waals surface area contributed by atoms with Crippen LogP contribution in [0, 0.1) is 6.92 Å². The van der Waals surface area contributed by atoms with E-state index in [9.17, 15) is 0 Å². The van der Waals surface area contributed by atoms with Crippen LogP contribution in [0.1, 0.15) is 24.2 Å². The normalized spacial score (nSPS) is 12.7. The molecule has 0 spiro atoms. The highest BCUT2D eigenvalue weighted by Crippen LogP contribution is 2.16. The van der Waals surface area contributed by atoms with Crippen LogP contribution in [0.3, 0.4) is 0 Å². The van der Waals surface area contributed by atoms with Gasteiger partial charge in [-0.15, -0.1) is 0 Å². The zero-order valence-electron chi connectivity index (χ0n) is 8.75. The van der Waals surface area contributed by atoms with Crippen molar-refractivity contribution in [2.75, 3.05) is 0 Å². The summed E-state index contributed by atoms with van der Waals surface area (Å²) in [7, 11) is 0. The van der Waals surface area contributed by atoms with Gasteiger partial charge in [0.15, 0.2) is 5.82 Å². The highest BCUT2D eigenvalue weighted by Gasteiger charge is 2.11. The SMILES string of the molecule is Cc1c(C(C)N)cnn1-c1ccncn1. The molecule has 0 aromatic carbocycles. The van der Waals surface area contributed by atoms with Crippen LogP contribution in [0.5, 0.6) is 0 Å². The van der Waals surface area contributed by atoms with Gasteiger partial charge < -0.3 is 5.73 Å². The molecule has 0 bridgehead atoms. The molecule has 2 aromatic heterocycles. The fourth-order valence-corrected chi connectivity index (χ4v) is 1.51. The lowest BCUT2D eigenvalue weighted by molar-refractivity contribution is 0.784. The summed E-state index contributed by atoms with van der Waals surface area (Å²) in [5.74, 6) is 0.759. The summed E-state index contributed by atoms with van der Waals surface area (Å²) in [6.45, 7) is 3.92. The van der Waals surface area contributed by atoms with E-state index in [2.05, 4.69) is 15.1 Å². The van der Waals surface area contributed by atoms with Crippen molar-refractivity contribution in [2.45, 2.75) is 19.9 Å². The molecule has 2 aromatic rings. The number of rotatable bonds is 2. The van der Waals surface area contributed by atoms with Gasteiger partial charge in [-0.25, -0.2) is 14.6 Å². The summed E-state index contributed by atoms with van der Waals surface area (Å²) in [6, 6.07) is 1.80. The highest BCUT2D eigenvalue weighted by atomic mass is 15.3. The van der Waals surface area contributed by atoms with E-state index in [1.807, 2.05) is 19.9 Å². The topological polar surface area (TPSA) is 69.6 Å². The van der Waals surface area contributed by atoms with Gasteiger partial charge in [0.1, 0.15) is 6.33 Å². The molecule has 0 saturated heterocycles. The Morgan fingerprint density at radius 3 is 2.80 bits per heavy atom. The Balaban J connectivity index is 2.47. The Morgan fingerprint density at radius 1 is 1.47 bits per heavy atom. The second-order valence-corrected chi connectivity index (χ2v) is 3.45. The van der Waals surface area contributed by atoms with Crippen molar-refractivity contribution in [3.8, 4) is 5.82 Å². The number of aromatic nitrogens is 4. The van der Waals surface area contributed by atoms with E-state index in [1.165, 1.54) is 6.33 Å².